The average molecular weight is 459 g/mol. The number of aromatic hydroxyl groups is 1. The number of nitro groups is 1. The van der Waals surface area contributed by atoms with Crippen LogP contribution < -0.4 is 14.8 Å². The first-order valence-electron chi connectivity index (χ1n) is 9.68. The molecule has 0 radical (unpaired) electrons. The Kier molecular flexibility index (Phi) is 7.21. The summed E-state index contributed by atoms with van der Waals surface area (Å²) in [5.74, 6) is -1.66. The molecule has 0 aromatic heterocycles. The summed E-state index contributed by atoms with van der Waals surface area (Å²) in [6.45, 7) is 0. The van der Waals surface area contributed by atoms with E-state index >= 15 is 0 Å². The topological polar surface area (TPSA) is 152 Å². The fourth-order valence-electron chi connectivity index (χ4n) is 2.84. The van der Waals surface area contributed by atoms with Gasteiger partial charge < -0.3 is 19.9 Å². The Labute approximate surface area is 193 Å². The summed E-state index contributed by atoms with van der Waals surface area (Å²) < 4.78 is 10.6. The summed E-state index contributed by atoms with van der Waals surface area (Å²) in [5, 5.41) is 32.5. The van der Waals surface area contributed by atoms with E-state index in [4.69, 9.17) is 9.47 Å². The van der Waals surface area contributed by atoms with Crippen LogP contribution in [0.4, 0.5) is 11.4 Å². The fraction of sp³-hybridized carbons (Fsp3) is 0.0417. The predicted octanol–water partition coefficient (Wildman–Crippen LogP) is 4.07. The highest BCUT2D eigenvalue weighted by molar-refractivity contribution is 6.10. The summed E-state index contributed by atoms with van der Waals surface area (Å²) in [5.41, 5.74) is -0.114. The van der Waals surface area contributed by atoms with Crippen molar-refractivity contribution in [3.63, 3.8) is 0 Å². The van der Waals surface area contributed by atoms with Crippen molar-refractivity contribution in [1.29, 1.82) is 5.26 Å². The standard InChI is InChI=1S/C24H17N3O7/c1-33-21-10-7-15(12-22(21)34-24(30)16-5-3-2-4-6-16)11-17(14-25)23(29)26-19-9-8-18(27(31)32)13-20(19)28/h2-13,28H,1H3,(H,26,29)/b17-11+. The number of non-ortho nitro benzene ring substituents is 1. The SMILES string of the molecule is COc1ccc(/C=C(\C#N)C(=O)Nc2ccc([N+](=O)[O-])cc2O)cc1OC(=O)c1ccccc1. The maximum absolute atomic E-state index is 12.5. The van der Waals surface area contributed by atoms with Crippen LogP contribution in [0.1, 0.15) is 15.9 Å². The molecule has 0 spiro atoms. The minimum atomic E-state index is -0.856. The normalized spacial score (nSPS) is 10.6. The zero-order chi connectivity index (χ0) is 24.7. The van der Waals surface area contributed by atoms with Crippen molar-refractivity contribution in [1.82, 2.24) is 0 Å². The number of anilines is 1. The van der Waals surface area contributed by atoms with Crippen molar-refractivity contribution in [2.75, 3.05) is 12.4 Å². The van der Waals surface area contributed by atoms with Gasteiger partial charge >= 0.3 is 5.97 Å². The Balaban J connectivity index is 1.84. The number of carbonyl (C=O) groups excluding carboxylic acids is 2. The van der Waals surface area contributed by atoms with E-state index in [9.17, 15) is 30.1 Å². The van der Waals surface area contributed by atoms with Gasteiger partial charge in [0.15, 0.2) is 11.5 Å². The van der Waals surface area contributed by atoms with E-state index in [1.54, 1.807) is 42.5 Å². The van der Waals surface area contributed by atoms with Crippen molar-refractivity contribution < 1.29 is 29.1 Å². The molecule has 0 saturated carbocycles. The van der Waals surface area contributed by atoms with Crippen LogP contribution in [0, 0.1) is 21.4 Å². The first kappa shape index (κ1) is 23.5. The van der Waals surface area contributed by atoms with E-state index in [1.165, 1.54) is 25.3 Å². The maximum atomic E-state index is 12.5. The van der Waals surface area contributed by atoms with Crippen molar-refractivity contribution in [3.05, 3.63) is 93.5 Å². The molecule has 0 aliphatic rings. The zero-order valence-electron chi connectivity index (χ0n) is 17.7. The van der Waals surface area contributed by atoms with Crippen molar-refractivity contribution in [2.24, 2.45) is 0 Å². The van der Waals surface area contributed by atoms with E-state index in [1.807, 2.05) is 0 Å². The van der Waals surface area contributed by atoms with E-state index in [0.29, 0.717) is 11.1 Å². The highest BCUT2D eigenvalue weighted by Gasteiger charge is 2.16. The largest absolute Gasteiger partial charge is 0.506 e. The van der Waals surface area contributed by atoms with Crippen LogP contribution in [0.5, 0.6) is 17.2 Å². The molecule has 0 saturated heterocycles. The molecule has 0 aliphatic heterocycles. The third-order valence-corrected chi connectivity index (χ3v) is 4.52. The second-order valence-electron chi connectivity index (χ2n) is 6.75. The molecule has 3 rings (SSSR count). The Morgan fingerprint density at radius 3 is 2.44 bits per heavy atom. The van der Waals surface area contributed by atoms with Crippen LogP contribution >= 0.6 is 0 Å². The van der Waals surface area contributed by atoms with Gasteiger partial charge in [-0.2, -0.15) is 5.26 Å². The molecule has 10 nitrogen and oxygen atoms in total. The molecule has 0 atom stereocenters. The molecule has 170 valence electrons. The van der Waals surface area contributed by atoms with Gasteiger partial charge in [-0.1, -0.05) is 24.3 Å². The molecule has 34 heavy (non-hydrogen) atoms. The number of nitriles is 1. The molecule has 3 aromatic rings. The lowest BCUT2D eigenvalue weighted by atomic mass is 10.1. The van der Waals surface area contributed by atoms with Gasteiger partial charge in [0, 0.05) is 6.07 Å². The van der Waals surface area contributed by atoms with Gasteiger partial charge in [-0.25, -0.2) is 4.79 Å². The first-order valence-corrected chi connectivity index (χ1v) is 9.68. The summed E-state index contributed by atoms with van der Waals surface area (Å²) in [4.78, 5) is 35.0. The third kappa shape index (κ3) is 5.54. The fourth-order valence-corrected chi connectivity index (χ4v) is 2.84. The number of phenolic OH excluding ortho intramolecular Hbond substituents is 1. The Morgan fingerprint density at radius 2 is 1.82 bits per heavy atom. The number of rotatable bonds is 7. The highest BCUT2D eigenvalue weighted by atomic mass is 16.6. The number of hydrogen-bond acceptors (Lipinski definition) is 8. The van der Waals surface area contributed by atoms with E-state index in [-0.39, 0.29) is 28.4 Å². The van der Waals surface area contributed by atoms with Crippen LogP contribution in [-0.4, -0.2) is 29.0 Å². The number of esters is 1. The lowest BCUT2D eigenvalue weighted by molar-refractivity contribution is -0.384. The van der Waals surface area contributed by atoms with Gasteiger partial charge in [-0.05, 0) is 42.0 Å². The molecular formula is C24H17N3O7. The monoisotopic (exact) mass is 459 g/mol. The molecule has 0 bridgehead atoms. The van der Waals surface area contributed by atoms with E-state index in [0.717, 1.165) is 18.2 Å². The van der Waals surface area contributed by atoms with Gasteiger partial charge in [0.05, 0.1) is 29.4 Å². The van der Waals surface area contributed by atoms with E-state index < -0.39 is 22.5 Å². The number of nitrogens with zero attached hydrogens (tertiary/aromatic N) is 2. The third-order valence-electron chi connectivity index (χ3n) is 4.52. The smallest absolute Gasteiger partial charge is 0.343 e. The maximum Gasteiger partial charge on any atom is 0.343 e. The number of phenols is 1. The van der Waals surface area contributed by atoms with Crippen LogP contribution in [0.15, 0.2) is 72.3 Å². The Bertz CT molecular complexity index is 1330. The molecule has 3 aromatic carbocycles. The number of carbonyl (C=O) groups is 2. The van der Waals surface area contributed by atoms with Crippen LogP contribution in [0.3, 0.4) is 0 Å². The van der Waals surface area contributed by atoms with Crippen molar-refractivity contribution in [3.8, 4) is 23.3 Å². The Morgan fingerprint density at radius 1 is 1.09 bits per heavy atom. The van der Waals surface area contributed by atoms with Gasteiger partial charge in [-0.15, -0.1) is 0 Å². The number of benzene rings is 3. The summed E-state index contributed by atoms with van der Waals surface area (Å²) >= 11 is 0. The quantitative estimate of drug-likeness (QED) is 0.102. The molecule has 2 N–H and O–H groups in total. The average Bonchev–Trinajstić information content (AvgIpc) is 2.84. The van der Waals surface area contributed by atoms with E-state index in [2.05, 4.69) is 5.32 Å². The lowest BCUT2D eigenvalue weighted by Crippen LogP contribution is -2.13. The van der Waals surface area contributed by atoms with Crippen molar-refractivity contribution in [2.45, 2.75) is 0 Å². The number of nitro benzene ring substituents is 1. The first-order chi connectivity index (χ1) is 16.3. The molecule has 0 heterocycles. The molecule has 1 amide bonds. The van der Waals surface area contributed by atoms with Crippen LogP contribution in [0.2, 0.25) is 0 Å². The van der Waals surface area contributed by atoms with Crippen LogP contribution in [0.25, 0.3) is 6.08 Å². The second kappa shape index (κ2) is 10.4. The molecule has 0 fully saturated rings. The minimum absolute atomic E-state index is 0.0795. The van der Waals surface area contributed by atoms with Gasteiger partial charge in [0.25, 0.3) is 11.6 Å². The number of nitrogens with one attached hydrogen (secondary N) is 1. The second-order valence-corrected chi connectivity index (χ2v) is 6.75. The number of hydrogen-bond donors (Lipinski definition) is 2. The number of methoxy groups -OCH3 is 1. The number of amides is 1. The number of ether oxygens (including phenoxy) is 2. The van der Waals surface area contributed by atoms with Crippen LogP contribution in [-0.2, 0) is 4.79 Å². The lowest BCUT2D eigenvalue weighted by Gasteiger charge is -2.10. The molecule has 0 unspecified atom stereocenters. The summed E-state index contributed by atoms with van der Waals surface area (Å²) in [7, 11) is 1.40. The summed E-state index contributed by atoms with van der Waals surface area (Å²) in [6.07, 6.45) is 1.25. The molecule has 0 aliphatic carbocycles. The van der Waals surface area contributed by atoms with Gasteiger partial charge in [0.2, 0.25) is 0 Å². The Hall–Kier alpha value is -5.17. The summed E-state index contributed by atoms with van der Waals surface area (Å²) in [6, 6.07) is 17.7. The predicted molar refractivity (Wildman–Crippen MR) is 121 cm³/mol. The minimum Gasteiger partial charge on any atom is -0.506 e. The van der Waals surface area contributed by atoms with Gasteiger partial charge in [-0.3, -0.25) is 14.9 Å². The molecular weight excluding hydrogens is 442 g/mol. The van der Waals surface area contributed by atoms with Crippen molar-refractivity contribution >= 4 is 29.3 Å². The molecule has 10 heteroatoms. The zero-order valence-corrected chi connectivity index (χ0v) is 17.7. The highest BCUT2D eigenvalue weighted by Crippen LogP contribution is 2.31. The van der Waals surface area contributed by atoms with Gasteiger partial charge in [0.1, 0.15) is 17.4 Å².